The van der Waals surface area contributed by atoms with Crippen molar-refractivity contribution in [2.24, 2.45) is 5.73 Å². The van der Waals surface area contributed by atoms with E-state index in [1.165, 1.54) is 23.5 Å². The summed E-state index contributed by atoms with van der Waals surface area (Å²) in [5.41, 5.74) is 5.11. The number of nitrogens with one attached hydrogen (secondary N) is 2. The Morgan fingerprint density at radius 3 is 2.82 bits per heavy atom. The molecule has 1 saturated heterocycles. The summed E-state index contributed by atoms with van der Waals surface area (Å²) >= 11 is 1.53. The van der Waals surface area contributed by atoms with Crippen LogP contribution in [0.5, 0.6) is 0 Å². The van der Waals surface area contributed by atoms with Gasteiger partial charge in [-0.05, 0) is 49.4 Å². The second kappa shape index (κ2) is 9.49. The highest BCUT2D eigenvalue weighted by Crippen LogP contribution is 2.36. The third kappa shape index (κ3) is 4.79. The van der Waals surface area contributed by atoms with Gasteiger partial charge in [-0.1, -0.05) is 6.07 Å². The second-order valence-electron chi connectivity index (χ2n) is 8.35. The standard InChI is InChI=1S/C24H26N6O3S/c25-22(32)24(6-7-24)33-21(31)16-3-1-4-19-17(16)15-20(34-19)18-5-9-28-23(29-18)27-8-2-12-30-13-10-26-11-14-30/h1,3-7,9,15,26H,2,8,10-14H2,(H2,25,32)(H,27,28,29). The van der Waals surface area contributed by atoms with Crippen LogP contribution in [0.4, 0.5) is 5.95 Å². The molecular weight excluding hydrogens is 452 g/mol. The number of anilines is 1. The smallest absolute Gasteiger partial charge is 0.340 e. The number of hydrogen-bond acceptors (Lipinski definition) is 9. The summed E-state index contributed by atoms with van der Waals surface area (Å²) in [7, 11) is 0. The van der Waals surface area contributed by atoms with Crippen molar-refractivity contribution in [1.29, 1.82) is 0 Å². The Morgan fingerprint density at radius 1 is 1.24 bits per heavy atom. The quantitative estimate of drug-likeness (QED) is 0.243. The van der Waals surface area contributed by atoms with Crippen LogP contribution in [0.15, 0.2) is 48.7 Å². The molecular formula is C24H26N6O3S. The average Bonchev–Trinajstić information content (AvgIpc) is 3.51. The van der Waals surface area contributed by atoms with Gasteiger partial charge in [0.05, 0.1) is 16.1 Å². The average molecular weight is 479 g/mol. The number of nitrogens with two attached hydrogens (primary N) is 1. The number of rotatable bonds is 9. The number of benzene rings is 1. The van der Waals surface area contributed by atoms with E-state index in [1.807, 2.05) is 18.2 Å². The topological polar surface area (TPSA) is 122 Å². The van der Waals surface area contributed by atoms with Gasteiger partial charge in [0.15, 0.2) is 0 Å². The van der Waals surface area contributed by atoms with Crippen LogP contribution in [0.2, 0.25) is 0 Å². The Bertz CT molecular complexity index is 1240. The molecule has 2 aromatic heterocycles. The van der Waals surface area contributed by atoms with Gasteiger partial charge in [0.25, 0.3) is 5.91 Å². The predicted molar refractivity (Wildman–Crippen MR) is 132 cm³/mol. The maximum Gasteiger partial charge on any atom is 0.340 e. The number of ether oxygens (including phenoxy) is 1. The number of thiophene rings is 1. The van der Waals surface area contributed by atoms with Gasteiger partial charge in [-0.2, -0.15) is 0 Å². The highest BCUT2D eigenvalue weighted by molar-refractivity contribution is 7.22. The molecule has 1 aromatic carbocycles. The monoisotopic (exact) mass is 478 g/mol. The van der Waals surface area contributed by atoms with Crippen LogP contribution < -0.4 is 16.4 Å². The molecule has 34 heavy (non-hydrogen) atoms. The van der Waals surface area contributed by atoms with E-state index in [9.17, 15) is 9.59 Å². The van der Waals surface area contributed by atoms with E-state index in [-0.39, 0.29) is 0 Å². The van der Waals surface area contributed by atoms with E-state index in [2.05, 4.69) is 25.5 Å². The molecule has 1 aliphatic carbocycles. The molecule has 176 valence electrons. The number of esters is 1. The number of piperazine rings is 1. The van der Waals surface area contributed by atoms with Crippen LogP contribution in [-0.2, 0) is 9.53 Å². The summed E-state index contributed by atoms with van der Waals surface area (Å²) in [6.07, 6.45) is 5.71. The van der Waals surface area contributed by atoms with Crippen molar-refractivity contribution in [1.82, 2.24) is 20.2 Å². The van der Waals surface area contributed by atoms with Gasteiger partial charge in [0.1, 0.15) is 0 Å². The molecule has 0 atom stereocenters. The number of amides is 1. The van der Waals surface area contributed by atoms with Crippen LogP contribution in [0, 0.1) is 0 Å². The zero-order valence-corrected chi connectivity index (χ0v) is 19.4. The summed E-state index contributed by atoms with van der Waals surface area (Å²) in [5.74, 6) is -0.709. The number of fused-ring (bicyclic) bond motifs is 1. The normalized spacial score (nSPS) is 16.9. The highest BCUT2D eigenvalue weighted by atomic mass is 32.1. The van der Waals surface area contributed by atoms with Gasteiger partial charge in [0, 0.05) is 49.0 Å². The fraction of sp³-hybridized carbons (Fsp3) is 0.333. The van der Waals surface area contributed by atoms with E-state index < -0.39 is 17.5 Å². The lowest BCUT2D eigenvalue weighted by Crippen LogP contribution is -2.44. The Labute approximate surface area is 201 Å². The first-order valence-electron chi connectivity index (χ1n) is 11.3. The van der Waals surface area contributed by atoms with E-state index in [4.69, 9.17) is 10.5 Å². The molecule has 3 aromatic rings. The van der Waals surface area contributed by atoms with Crippen LogP contribution in [0.25, 0.3) is 20.7 Å². The predicted octanol–water partition coefficient (Wildman–Crippen LogP) is 2.02. The number of aromatic nitrogens is 2. The summed E-state index contributed by atoms with van der Waals surface area (Å²) in [5, 5.41) is 7.43. The van der Waals surface area contributed by atoms with Crippen molar-refractivity contribution in [3.8, 4) is 10.6 Å². The molecule has 0 radical (unpaired) electrons. The molecule has 1 amide bonds. The van der Waals surface area contributed by atoms with Crippen molar-refractivity contribution < 1.29 is 14.3 Å². The number of carbonyl (C=O) groups is 2. The van der Waals surface area contributed by atoms with Crippen molar-refractivity contribution in [2.45, 2.75) is 12.0 Å². The fourth-order valence-corrected chi connectivity index (χ4v) is 5.01. The number of carbonyl (C=O) groups excluding carboxylic acids is 2. The summed E-state index contributed by atoms with van der Waals surface area (Å²) < 4.78 is 6.30. The van der Waals surface area contributed by atoms with E-state index in [0.29, 0.717) is 11.5 Å². The molecule has 9 nitrogen and oxygen atoms in total. The van der Waals surface area contributed by atoms with Gasteiger partial charge in [-0.25, -0.2) is 14.8 Å². The minimum Gasteiger partial charge on any atom is -0.437 e. The zero-order chi connectivity index (χ0) is 23.5. The number of nitrogens with zero attached hydrogens (tertiary/aromatic N) is 3. The Kier molecular flexibility index (Phi) is 6.27. The van der Waals surface area contributed by atoms with Crippen LogP contribution >= 0.6 is 11.3 Å². The molecule has 2 aliphatic rings. The minimum absolute atomic E-state index is 0.384. The van der Waals surface area contributed by atoms with E-state index in [0.717, 1.165) is 66.3 Å². The lowest BCUT2D eigenvalue weighted by atomic mass is 10.1. The van der Waals surface area contributed by atoms with Gasteiger partial charge in [0.2, 0.25) is 11.5 Å². The number of primary amides is 1. The number of hydrogen-bond donors (Lipinski definition) is 3. The molecule has 0 spiro atoms. The summed E-state index contributed by atoms with van der Waals surface area (Å²) in [4.78, 5) is 36.7. The first kappa shape index (κ1) is 22.5. The zero-order valence-electron chi connectivity index (χ0n) is 18.6. The molecule has 5 rings (SSSR count). The first-order chi connectivity index (χ1) is 16.5. The molecule has 10 heteroatoms. The molecule has 3 heterocycles. The van der Waals surface area contributed by atoms with Crippen molar-refractivity contribution >= 4 is 39.2 Å². The third-order valence-electron chi connectivity index (χ3n) is 5.95. The second-order valence-corrected chi connectivity index (χ2v) is 9.43. The van der Waals surface area contributed by atoms with Crippen molar-refractivity contribution in [3.05, 3.63) is 54.2 Å². The summed E-state index contributed by atoms with van der Waals surface area (Å²) in [6, 6.07) is 9.19. The van der Waals surface area contributed by atoms with Gasteiger partial charge >= 0.3 is 5.97 Å². The molecule has 0 unspecified atom stereocenters. The van der Waals surface area contributed by atoms with E-state index in [1.54, 1.807) is 18.3 Å². The fourth-order valence-electron chi connectivity index (χ4n) is 3.95. The first-order valence-corrected chi connectivity index (χ1v) is 12.1. The van der Waals surface area contributed by atoms with Crippen LogP contribution in [0.1, 0.15) is 16.8 Å². The summed E-state index contributed by atoms with van der Waals surface area (Å²) in [6.45, 7) is 6.13. The third-order valence-corrected chi connectivity index (χ3v) is 7.07. The lowest BCUT2D eigenvalue weighted by molar-refractivity contribution is -0.127. The Morgan fingerprint density at radius 2 is 2.06 bits per heavy atom. The Balaban J connectivity index is 1.27. The van der Waals surface area contributed by atoms with E-state index >= 15 is 0 Å². The maximum absolute atomic E-state index is 12.8. The highest BCUT2D eigenvalue weighted by Gasteiger charge is 2.45. The lowest BCUT2D eigenvalue weighted by Gasteiger charge is -2.27. The molecule has 4 N–H and O–H groups in total. The molecule has 1 fully saturated rings. The molecule has 0 bridgehead atoms. The van der Waals surface area contributed by atoms with Crippen molar-refractivity contribution in [2.75, 3.05) is 44.6 Å². The van der Waals surface area contributed by atoms with Gasteiger partial charge in [-0.15, -0.1) is 11.3 Å². The minimum atomic E-state index is -1.39. The van der Waals surface area contributed by atoms with Gasteiger partial charge in [-0.3, -0.25) is 4.79 Å². The van der Waals surface area contributed by atoms with Gasteiger partial charge < -0.3 is 26.0 Å². The van der Waals surface area contributed by atoms with Crippen LogP contribution in [-0.4, -0.2) is 71.6 Å². The van der Waals surface area contributed by atoms with Crippen LogP contribution in [0.3, 0.4) is 0 Å². The largest absolute Gasteiger partial charge is 0.437 e. The SMILES string of the molecule is NC(=O)C1(OC(=O)c2cccc3sc(-c4ccnc(NCCCN5CCNCC5)n4)cc23)C=C1. The Hall–Kier alpha value is -3.34. The maximum atomic E-state index is 12.8. The van der Waals surface area contributed by atoms with Crippen molar-refractivity contribution in [3.63, 3.8) is 0 Å². The molecule has 1 aliphatic heterocycles. The molecule has 0 saturated carbocycles.